The maximum absolute atomic E-state index is 12.0. The average molecular weight is 263 g/mol. The summed E-state index contributed by atoms with van der Waals surface area (Å²) in [5, 5.41) is 12.7. The second kappa shape index (κ2) is 4.74. The summed E-state index contributed by atoms with van der Waals surface area (Å²) >= 11 is 0. The highest BCUT2D eigenvalue weighted by Crippen LogP contribution is 2.32. The Morgan fingerprint density at radius 3 is 2.68 bits per heavy atom. The summed E-state index contributed by atoms with van der Waals surface area (Å²) in [5.74, 6) is 1.07. The summed E-state index contributed by atoms with van der Waals surface area (Å²) in [6.45, 7) is 1.34. The van der Waals surface area contributed by atoms with Crippen LogP contribution in [0.4, 0.5) is 0 Å². The summed E-state index contributed by atoms with van der Waals surface area (Å²) in [6.07, 6.45) is 2.54. The number of aliphatic hydroxyl groups is 1. The molecule has 1 aromatic carbocycles. The summed E-state index contributed by atoms with van der Waals surface area (Å²) < 4.78 is 10.8. The summed E-state index contributed by atoms with van der Waals surface area (Å²) in [5.41, 5.74) is -0.184. The standard InChI is InChI=1S/C14H17NO4/c16-13(15-9-14(17)4-1-5-14)10-2-3-11-12(8-10)19-7-6-18-11/h2-3,8,17H,1,4-7,9H2,(H,15,16). The molecule has 1 aromatic rings. The number of hydrogen-bond acceptors (Lipinski definition) is 4. The molecule has 19 heavy (non-hydrogen) atoms. The maximum Gasteiger partial charge on any atom is 0.251 e. The van der Waals surface area contributed by atoms with E-state index in [1.807, 2.05) is 0 Å². The Labute approximate surface area is 111 Å². The molecule has 1 heterocycles. The highest BCUT2D eigenvalue weighted by Gasteiger charge is 2.34. The molecule has 0 atom stereocenters. The summed E-state index contributed by atoms with van der Waals surface area (Å²) in [6, 6.07) is 5.11. The van der Waals surface area contributed by atoms with Gasteiger partial charge in [-0.3, -0.25) is 4.79 Å². The number of benzene rings is 1. The number of amides is 1. The number of rotatable bonds is 3. The molecule has 2 N–H and O–H groups in total. The molecule has 1 saturated carbocycles. The molecule has 2 aliphatic rings. The Bertz CT molecular complexity index is 496. The zero-order valence-corrected chi connectivity index (χ0v) is 10.6. The van der Waals surface area contributed by atoms with Gasteiger partial charge in [-0.05, 0) is 37.5 Å². The van der Waals surface area contributed by atoms with Gasteiger partial charge in [0.05, 0.1) is 5.60 Å². The van der Waals surface area contributed by atoms with Gasteiger partial charge in [0.1, 0.15) is 13.2 Å². The van der Waals surface area contributed by atoms with Crippen LogP contribution in [0.25, 0.3) is 0 Å². The van der Waals surface area contributed by atoms with Crippen molar-refractivity contribution in [1.82, 2.24) is 5.32 Å². The molecule has 0 radical (unpaired) electrons. The molecule has 5 nitrogen and oxygen atoms in total. The third kappa shape index (κ3) is 2.51. The van der Waals surface area contributed by atoms with Gasteiger partial charge >= 0.3 is 0 Å². The van der Waals surface area contributed by atoms with Gasteiger partial charge < -0.3 is 19.9 Å². The van der Waals surface area contributed by atoms with Crippen LogP contribution in [0.2, 0.25) is 0 Å². The first-order valence-electron chi connectivity index (χ1n) is 6.57. The quantitative estimate of drug-likeness (QED) is 0.857. The van der Waals surface area contributed by atoms with Gasteiger partial charge in [-0.1, -0.05) is 0 Å². The maximum atomic E-state index is 12.0. The number of carbonyl (C=O) groups excluding carboxylic acids is 1. The van der Waals surface area contributed by atoms with E-state index in [0.29, 0.717) is 36.8 Å². The molecule has 1 fully saturated rings. The van der Waals surface area contributed by atoms with Gasteiger partial charge in [0.2, 0.25) is 0 Å². The molecule has 0 saturated heterocycles. The average Bonchev–Trinajstić information content (AvgIpc) is 2.42. The van der Waals surface area contributed by atoms with Gasteiger partial charge in [0.15, 0.2) is 11.5 Å². The Morgan fingerprint density at radius 1 is 1.26 bits per heavy atom. The van der Waals surface area contributed by atoms with Crippen molar-refractivity contribution in [2.24, 2.45) is 0 Å². The zero-order valence-electron chi connectivity index (χ0n) is 10.6. The number of nitrogens with one attached hydrogen (secondary N) is 1. The van der Waals surface area contributed by atoms with Crippen LogP contribution < -0.4 is 14.8 Å². The van der Waals surface area contributed by atoms with E-state index >= 15 is 0 Å². The molecule has 1 aliphatic heterocycles. The molecule has 0 unspecified atom stereocenters. The topological polar surface area (TPSA) is 67.8 Å². The summed E-state index contributed by atoms with van der Waals surface area (Å²) in [4.78, 5) is 12.0. The minimum Gasteiger partial charge on any atom is -0.486 e. The SMILES string of the molecule is O=C(NCC1(O)CCC1)c1ccc2c(c1)OCCO2. The van der Waals surface area contributed by atoms with Crippen molar-refractivity contribution in [3.63, 3.8) is 0 Å². The lowest BCUT2D eigenvalue weighted by Gasteiger charge is -2.36. The molecule has 102 valence electrons. The van der Waals surface area contributed by atoms with Gasteiger partial charge in [-0.2, -0.15) is 0 Å². The fourth-order valence-electron chi connectivity index (χ4n) is 2.29. The van der Waals surface area contributed by atoms with Gasteiger partial charge in [-0.15, -0.1) is 0 Å². The van der Waals surface area contributed by atoms with Gasteiger partial charge in [0.25, 0.3) is 5.91 Å². The van der Waals surface area contributed by atoms with E-state index in [-0.39, 0.29) is 5.91 Å². The van der Waals surface area contributed by atoms with E-state index in [4.69, 9.17) is 9.47 Å². The monoisotopic (exact) mass is 263 g/mol. The lowest BCUT2D eigenvalue weighted by atomic mass is 9.80. The van der Waals surface area contributed by atoms with Crippen LogP contribution in [0.5, 0.6) is 11.5 Å². The molecule has 3 rings (SSSR count). The van der Waals surface area contributed by atoms with Crippen molar-refractivity contribution in [3.05, 3.63) is 23.8 Å². The van der Waals surface area contributed by atoms with Crippen LogP contribution in [0.1, 0.15) is 29.6 Å². The molecule has 1 amide bonds. The highest BCUT2D eigenvalue weighted by atomic mass is 16.6. The van der Waals surface area contributed by atoms with Crippen LogP contribution in [0, 0.1) is 0 Å². The Morgan fingerprint density at radius 2 is 2.00 bits per heavy atom. The van der Waals surface area contributed by atoms with Crippen LogP contribution in [0.3, 0.4) is 0 Å². The lowest BCUT2D eigenvalue weighted by Crippen LogP contribution is -2.47. The number of hydrogen-bond donors (Lipinski definition) is 2. The number of fused-ring (bicyclic) bond motifs is 1. The third-order valence-electron chi connectivity index (χ3n) is 3.67. The fraction of sp³-hybridized carbons (Fsp3) is 0.500. The van der Waals surface area contributed by atoms with Crippen LogP contribution in [0.15, 0.2) is 18.2 Å². The predicted molar refractivity (Wildman–Crippen MR) is 68.6 cm³/mol. The van der Waals surface area contributed by atoms with Gasteiger partial charge in [-0.25, -0.2) is 0 Å². The number of ether oxygens (including phenoxy) is 2. The fourth-order valence-corrected chi connectivity index (χ4v) is 2.29. The molecule has 0 spiro atoms. The van der Waals surface area contributed by atoms with Crippen molar-refractivity contribution in [2.75, 3.05) is 19.8 Å². The van der Waals surface area contributed by atoms with E-state index in [9.17, 15) is 9.90 Å². The molecule has 0 aromatic heterocycles. The third-order valence-corrected chi connectivity index (χ3v) is 3.67. The van der Waals surface area contributed by atoms with Crippen LogP contribution >= 0.6 is 0 Å². The van der Waals surface area contributed by atoms with Crippen molar-refractivity contribution >= 4 is 5.91 Å². The molecular formula is C14H17NO4. The van der Waals surface area contributed by atoms with Gasteiger partial charge in [0, 0.05) is 12.1 Å². The Hall–Kier alpha value is -1.75. The Balaban J connectivity index is 1.66. The highest BCUT2D eigenvalue weighted by molar-refractivity contribution is 5.94. The minimum atomic E-state index is -0.705. The molecule has 0 bridgehead atoms. The Kier molecular flexibility index (Phi) is 3.06. The smallest absolute Gasteiger partial charge is 0.251 e. The first kappa shape index (κ1) is 12.3. The van der Waals surface area contributed by atoms with E-state index in [1.165, 1.54) is 0 Å². The van der Waals surface area contributed by atoms with Crippen molar-refractivity contribution in [1.29, 1.82) is 0 Å². The second-order valence-electron chi connectivity index (χ2n) is 5.12. The van der Waals surface area contributed by atoms with E-state index in [2.05, 4.69) is 5.32 Å². The second-order valence-corrected chi connectivity index (χ2v) is 5.12. The molecular weight excluding hydrogens is 246 g/mol. The normalized spacial score (nSPS) is 19.4. The first-order valence-corrected chi connectivity index (χ1v) is 6.57. The van der Waals surface area contributed by atoms with E-state index in [0.717, 1.165) is 19.3 Å². The first-order chi connectivity index (χ1) is 9.16. The van der Waals surface area contributed by atoms with Crippen LogP contribution in [-0.2, 0) is 0 Å². The lowest BCUT2D eigenvalue weighted by molar-refractivity contribution is -0.0300. The largest absolute Gasteiger partial charge is 0.486 e. The van der Waals surface area contributed by atoms with E-state index in [1.54, 1.807) is 18.2 Å². The minimum absolute atomic E-state index is 0.197. The van der Waals surface area contributed by atoms with Crippen molar-refractivity contribution in [2.45, 2.75) is 24.9 Å². The molecule has 5 heteroatoms. The molecule has 1 aliphatic carbocycles. The van der Waals surface area contributed by atoms with Crippen molar-refractivity contribution in [3.8, 4) is 11.5 Å². The number of carbonyl (C=O) groups is 1. The zero-order chi connectivity index (χ0) is 13.3. The van der Waals surface area contributed by atoms with Crippen molar-refractivity contribution < 1.29 is 19.4 Å². The van der Waals surface area contributed by atoms with Crippen LogP contribution in [-0.4, -0.2) is 36.4 Å². The summed E-state index contributed by atoms with van der Waals surface area (Å²) in [7, 11) is 0. The van der Waals surface area contributed by atoms with E-state index < -0.39 is 5.60 Å². The predicted octanol–water partition coefficient (Wildman–Crippen LogP) is 1.10.